The number of hydrogen-bond donors (Lipinski definition) is 3. The van der Waals surface area contributed by atoms with E-state index in [0.717, 1.165) is 6.26 Å². The second-order valence-corrected chi connectivity index (χ2v) is 8.31. The van der Waals surface area contributed by atoms with Gasteiger partial charge >= 0.3 is 6.03 Å². The Morgan fingerprint density at radius 1 is 1.13 bits per heavy atom. The Kier molecular flexibility index (Phi) is 5.76. The first kappa shape index (κ1) is 19.0. The van der Waals surface area contributed by atoms with E-state index in [-0.39, 0.29) is 16.5 Å². The summed E-state index contributed by atoms with van der Waals surface area (Å²) in [5.41, 5.74) is -0.247. The minimum atomic E-state index is -3.47. The summed E-state index contributed by atoms with van der Waals surface area (Å²) in [6.07, 6.45) is 1.06. The second-order valence-electron chi connectivity index (χ2n) is 6.33. The fraction of sp³-hybridized carbons (Fsp3) is 0.467. The lowest BCUT2D eigenvalue weighted by Crippen LogP contribution is -2.51. The van der Waals surface area contributed by atoms with Crippen molar-refractivity contribution in [3.05, 3.63) is 24.3 Å². The summed E-state index contributed by atoms with van der Waals surface area (Å²) in [7, 11) is -3.47. The highest BCUT2D eigenvalue weighted by Crippen LogP contribution is 2.20. The predicted molar refractivity (Wildman–Crippen MR) is 89.1 cm³/mol. The minimum absolute atomic E-state index is 0.0157. The highest BCUT2D eigenvalue weighted by Gasteiger charge is 2.21. The molecular formula is C15H23N3O4S. The maximum absolute atomic E-state index is 12.0. The molecule has 0 aliphatic carbocycles. The van der Waals surface area contributed by atoms with E-state index in [9.17, 15) is 18.0 Å². The van der Waals surface area contributed by atoms with Crippen LogP contribution in [0.25, 0.3) is 0 Å². The van der Waals surface area contributed by atoms with Gasteiger partial charge in [0.15, 0.2) is 9.84 Å². The summed E-state index contributed by atoms with van der Waals surface area (Å²) < 4.78 is 23.4. The van der Waals surface area contributed by atoms with E-state index in [2.05, 4.69) is 16.0 Å². The average molecular weight is 341 g/mol. The minimum Gasteiger partial charge on any atom is -0.350 e. The van der Waals surface area contributed by atoms with E-state index < -0.39 is 27.4 Å². The van der Waals surface area contributed by atoms with Crippen LogP contribution in [0.15, 0.2) is 29.2 Å². The first-order valence-corrected chi connectivity index (χ1v) is 8.98. The lowest BCUT2D eigenvalue weighted by atomic mass is 10.1. The first-order chi connectivity index (χ1) is 10.4. The number of anilines is 1. The van der Waals surface area contributed by atoms with Crippen LogP contribution in [0.2, 0.25) is 0 Å². The number of amides is 3. The summed E-state index contributed by atoms with van der Waals surface area (Å²) in [4.78, 5) is 23.9. The molecule has 0 aliphatic rings. The normalized spacial score (nSPS) is 13.1. The zero-order valence-corrected chi connectivity index (χ0v) is 14.7. The Labute approximate surface area is 136 Å². The van der Waals surface area contributed by atoms with E-state index in [0.29, 0.717) is 0 Å². The molecule has 3 amide bonds. The Morgan fingerprint density at radius 3 is 2.22 bits per heavy atom. The van der Waals surface area contributed by atoms with Crippen LogP contribution in [0, 0.1) is 0 Å². The van der Waals surface area contributed by atoms with Crippen molar-refractivity contribution in [3.63, 3.8) is 0 Å². The molecule has 23 heavy (non-hydrogen) atoms. The number of sulfone groups is 1. The van der Waals surface area contributed by atoms with E-state index >= 15 is 0 Å². The second kappa shape index (κ2) is 6.99. The molecule has 0 aromatic heterocycles. The molecule has 0 fully saturated rings. The van der Waals surface area contributed by atoms with Gasteiger partial charge in [0, 0.05) is 11.8 Å². The number of carbonyl (C=O) groups is 2. The number of benzene rings is 1. The summed E-state index contributed by atoms with van der Waals surface area (Å²) in [6, 6.07) is 4.65. The Bertz CT molecular complexity index is 693. The molecule has 3 N–H and O–H groups in total. The molecule has 0 saturated heterocycles. The van der Waals surface area contributed by atoms with Crippen LogP contribution < -0.4 is 16.0 Å². The van der Waals surface area contributed by atoms with Crippen LogP contribution >= 0.6 is 0 Å². The van der Waals surface area contributed by atoms with E-state index in [1.165, 1.54) is 12.1 Å². The maximum atomic E-state index is 12.0. The van der Waals surface area contributed by atoms with Crippen LogP contribution in [0.4, 0.5) is 10.5 Å². The van der Waals surface area contributed by atoms with Gasteiger partial charge in [-0.2, -0.15) is 0 Å². The molecule has 0 radical (unpaired) electrons. The number of urea groups is 1. The van der Waals surface area contributed by atoms with Gasteiger partial charge in [-0.05, 0) is 39.8 Å². The molecule has 8 heteroatoms. The lowest BCUT2D eigenvalue weighted by Gasteiger charge is -2.23. The predicted octanol–water partition coefficient (Wildman–Crippen LogP) is 1.51. The van der Waals surface area contributed by atoms with Crippen LogP contribution in [0.1, 0.15) is 27.7 Å². The molecule has 7 nitrogen and oxygen atoms in total. The molecule has 0 aliphatic heterocycles. The van der Waals surface area contributed by atoms with Crippen molar-refractivity contribution in [3.8, 4) is 0 Å². The van der Waals surface area contributed by atoms with Crippen molar-refractivity contribution >= 4 is 27.5 Å². The van der Waals surface area contributed by atoms with Crippen molar-refractivity contribution in [2.45, 2.75) is 44.2 Å². The number of rotatable bonds is 4. The van der Waals surface area contributed by atoms with Crippen molar-refractivity contribution in [1.82, 2.24) is 10.6 Å². The number of hydrogen-bond acceptors (Lipinski definition) is 4. The summed E-state index contributed by atoms with van der Waals surface area (Å²) in [6.45, 7) is 7.04. The Morgan fingerprint density at radius 2 is 1.70 bits per heavy atom. The third-order valence-corrected chi connectivity index (χ3v) is 3.93. The van der Waals surface area contributed by atoms with E-state index in [1.807, 2.05) is 20.8 Å². The van der Waals surface area contributed by atoms with Gasteiger partial charge in [0.05, 0.1) is 10.6 Å². The highest BCUT2D eigenvalue weighted by molar-refractivity contribution is 7.90. The van der Waals surface area contributed by atoms with Crippen molar-refractivity contribution < 1.29 is 18.0 Å². The van der Waals surface area contributed by atoms with Gasteiger partial charge in [-0.15, -0.1) is 0 Å². The Balaban J connectivity index is 2.77. The van der Waals surface area contributed by atoms with Gasteiger partial charge in [0.1, 0.15) is 6.04 Å². The Hall–Kier alpha value is -2.09. The molecule has 1 aromatic carbocycles. The van der Waals surface area contributed by atoms with Crippen molar-refractivity contribution in [1.29, 1.82) is 0 Å². The summed E-state index contributed by atoms with van der Waals surface area (Å²) in [5.74, 6) is -0.330. The highest BCUT2D eigenvalue weighted by atomic mass is 32.2. The SMILES string of the molecule is C[C@H](NC(=O)Nc1ccccc1S(C)(=O)=O)C(=O)NC(C)(C)C. The summed E-state index contributed by atoms with van der Waals surface area (Å²) in [5, 5.41) is 7.68. The van der Waals surface area contributed by atoms with E-state index in [4.69, 9.17) is 0 Å². The van der Waals surface area contributed by atoms with Crippen molar-refractivity contribution in [2.75, 3.05) is 11.6 Å². The molecular weight excluding hydrogens is 318 g/mol. The van der Waals surface area contributed by atoms with Gasteiger partial charge in [0.2, 0.25) is 5.91 Å². The zero-order valence-electron chi connectivity index (χ0n) is 13.9. The molecule has 0 bridgehead atoms. The molecule has 1 rings (SSSR count). The largest absolute Gasteiger partial charge is 0.350 e. The monoisotopic (exact) mass is 341 g/mol. The quantitative estimate of drug-likeness (QED) is 0.772. The van der Waals surface area contributed by atoms with Crippen LogP contribution in [-0.4, -0.2) is 38.2 Å². The summed E-state index contributed by atoms with van der Waals surface area (Å²) >= 11 is 0. The van der Waals surface area contributed by atoms with Gasteiger partial charge in [-0.1, -0.05) is 12.1 Å². The number of nitrogens with one attached hydrogen (secondary N) is 3. The molecule has 0 saturated carbocycles. The fourth-order valence-corrected chi connectivity index (χ4v) is 2.64. The zero-order chi connectivity index (χ0) is 17.8. The number of carbonyl (C=O) groups excluding carboxylic acids is 2. The first-order valence-electron chi connectivity index (χ1n) is 7.09. The lowest BCUT2D eigenvalue weighted by molar-refractivity contribution is -0.123. The van der Waals surface area contributed by atoms with Gasteiger partial charge in [-0.3, -0.25) is 4.79 Å². The van der Waals surface area contributed by atoms with Crippen molar-refractivity contribution in [2.24, 2.45) is 0 Å². The van der Waals surface area contributed by atoms with Crippen LogP contribution in [0.5, 0.6) is 0 Å². The van der Waals surface area contributed by atoms with Gasteiger partial charge < -0.3 is 16.0 Å². The molecule has 1 aromatic rings. The molecule has 1 atom stereocenters. The standard InChI is InChI=1S/C15H23N3O4S/c1-10(13(19)18-15(2,3)4)16-14(20)17-11-8-6-7-9-12(11)23(5,21)22/h6-10H,1-5H3,(H,18,19)(H2,16,17,20)/t10-/m0/s1. The molecule has 0 heterocycles. The molecule has 0 spiro atoms. The van der Waals surface area contributed by atoms with Gasteiger partial charge in [0.25, 0.3) is 0 Å². The average Bonchev–Trinajstić information content (AvgIpc) is 2.35. The smallest absolute Gasteiger partial charge is 0.319 e. The van der Waals surface area contributed by atoms with Crippen LogP contribution in [-0.2, 0) is 14.6 Å². The van der Waals surface area contributed by atoms with Gasteiger partial charge in [-0.25, -0.2) is 13.2 Å². The van der Waals surface area contributed by atoms with Crippen LogP contribution in [0.3, 0.4) is 0 Å². The topological polar surface area (TPSA) is 104 Å². The number of para-hydroxylation sites is 1. The van der Waals surface area contributed by atoms with E-state index in [1.54, 1.807) is 19.1 Å². The third-order valence-electron chi connectivity index (χ3n) is 2.77. The fourth-order valence-electron chi connectivity index (χ4n) is 1.79. The maximum Gasteiger partial charge on any atom is 0.319 e. The molecule has 0 unspecified atom stereocenters. The third kappa shape index (κ3) is 6.27. The molecule has 128 valence electrons.